The summed E-state index contributed by atoms with van der Waals surface area (Å²) in [4.78, 5) is 37.3. The maximum atomic E-state index is 12.8. The number of hydrogen-bond acceptors (Lipinski definition) is 7. The Morgan fingerprint density at radius 3 is 1.29 bits per heavy atom. The highest BCUT2D eigenvalue weighted by Gasteiger charge is 2.25. The molecule has 2 unspecified atom stereocenters. The Morgan fingerprint density at radius 1 is 0.476 bits per heavy atom. The molecule has 0 saturated carbocycles. The van der Waals surface area contributed by atoms with Crippen LogP contribution >= 0.6 is 0 Å². The number of quaternary nitrogens is 1. The van der Waals surface area contributed by atoms with Gasteiger partial charge < -0.3 is 28.5 Å². The van der Waals surface area contributed by atoms with Gasteiger partial charge in [0.05, 0.1) is 34.4 Å². The first-order valence-electron chi connectivity index (χ1n) is 25.8. The van der Waals surface area contributed by atoms with Gasteiger partial charge >= 0.3 is 17.9 Å². The number of hydrogen-bond donors (Lipinski definition) is 1. The van der Waals surface area contributed by atoms with Gasteiger partial charge in [0.2, 0.25) is 0 Å². The minimum Gasteiger partial charge on any atom is -0.477 e. The topological polar surface area (TPSA) is 108 Å². The minimum atomic E-state index is -1.51. The van der Waals surface area contributed by atoms with Gasteiger partial charge in [-0.2, -0.15) is 0 Å². The van der Waals surface area contributed by atoms with Crippen molar-refractivity contribution in [3.8, 4) is 0 Å². The summed E-state index contributed by atoms with van der Waals surface area (Å²) < 4.78 is 22.8. The number of likely N-dealkylation sites (N-methyl/N-ethyl adjacent to an activating group) is 1. The second-order valence-electron chi connectivity index (χ2n) is 18.5. The van der Waals surface area contributed by atoms with Crippen LogP contribution in [0.5, 0.6) is 0 Å². The number of aliphatic carboxylic acids is 1. The van der Waals surface area contributed by atoms with Crippen molar-refractivity contribution in [2.45, 2.75) is 232 Å². The monoisotopic (exact) mass is 889 g/mol. The fourth-order valence-corrected chi connectivity index (χ4v) is 7.01. The molecule has 0 aromatic heterocycles. The summed E-state index contributed by atoms with van der Waals surface area (Å²) in [5.74, 6) is -2.03. The van der Waals surface area contributed by atoms with Crippen LogP contribution in [0.3, 0.4) is 0 Å². The summed E-state index contributed by atoms with van der Waals surface area (Å²) >= 11 is 0. The highest BCUT2D eigenvalue weighted by molar-refractivity contribution is 5.71. The molecule has 0 saturated heterocycles. The molecule has 0 heterocycles. The van der Waals surface area contributed by atoms with Crippen molar-refractivity contribution < 1.29 is 42.9 Å². The summed E-state index contributed by atoms with van der Waals surface area (Å²) in [6.45, 7) is 4.85. The van der Waals surface area contributed by atoms with Crippen molar-refractivity contribution in [2.75, 3.05) is 47.5 Å². The number of rotatable bonds is 47. The Kier molecular flexibility index (Phi) is 43.8. The molecule has 63 heavy (non-hydrogen) atoms. The lowest BCUT2D eigenvalue weighted by molar-refractivity contribution is -0.870. The molecule has 0 aliphatic heterocycles. The molecular formula is C54H98NO8+. The molecular weight excluding hydrogens is 791 g/mol. The number of carboxylic acids is 1. The van der Waals surface area contributed by atoms with Crippen LogP contribution in [0.25, 0.3) is 0 Å². The minimum absolute atomic E-state index is 0.183. The molecule has 0 bridgehead atoms. The van der Waals surface area contributed by atoms with E-state index < -0.39 is 24.3 Å². The van der Waals surface area contributed by atoms with Crippen LogP contribution in [0.2, 0.25) is 0 Å². The number of allylic oxidation sites excluding steroid dienone is 8. The molecule has 9 nitrogen and oxygen atoms in total. The van der Waals surface area contributed by atoms with Gasteiger partial charge in [0.1, 0.15) is 13.2 Å². The molecule has 0 aromatic rings. The molecule has 0 aromatic carbocycles. The lowest BCUT2D eigenvalue weighted by Gasteiger charge is -2.25. The zero-order chi connectivity index (χ0) is 46.3. The average Bonchev–Trinajstić information content (AvgIpc) is 3.24. The van der Waals surface area contributed by atoms with Gasteiger partial charge in [0.15, 0.2) is 6.10 Å². The van der Waals surface area contributed by atoms with Crippen LogP contribution in [-0.2, 0) is 33.3 Å². The zero-order valence-corrected chi connectivity index (χ0v) is 41.5. The highest BCUT2D eigenvalue weighted by Crippen LogP contribution is 2.14. The third-order valence-corrected chi connectivity index (χ3v) is 11.1. The summed E-state index contributed by atoms with van der Waals surface area (Å²) in [6.07, 6.45) is 51.7. The van der Waals surface area contributed by atoms with E-state index >= 15 is 0 Å². The Labute approximate surface area is 387 Å². The van der Waals surface area contributed by atoms with Gasteiger partial charge in [0, 0.05) is 12.8 Å². The van der Waals surface area contributed by atoms with Crippen LogP contribution < -0.4 is 0 Å². The molecule has 0 amide bonds. The number of unbranched alkanes of at least 4 members (excludes halogenated alkanes) is 24. The lowest BCUT2D eigenvalue weighted by Crippen LogP contribution is -2.40. The van der Waals surface area contributed by atoms with E-state index in [9.17, 15) is 19.5 Å². The van der Waals surface area contributed by atoms with E-state index in [4.69, 9.17) is 18.9 Å². The number of esters is 2. The van der Waals surface area contributed by atoms with Crippen molar-refractivity contribution >= 4 is 17.9 Å². The van der Waals surface area contributed by atoms with E-state index in [0.29, 0.717) is 23.9 Å². The first-order chi connectivity index (χ1) is 30.6. The van der Waals surface area contributed by atoms with Crippen LogP contribution in [0.15, 0.2) is 48.6 Å². The van der Waals surface area contributed by atoms with Gasteiger partial charge in [0.25, 0.3) is 6.29 Å². The standard InChI is InChI=1S/C54H97NO8/c1-6-8-10-12-14-16-18-20-22-24-25-26-27-29-31-33-35-37-39-41-43-45-52(57)63-50(49-62-54(53(58)59)60-47-46-55(3,4)5)48-61-51(56)44-42-40-38-36-34-32-30-28-23-21-19-17-15-13-11-9-7-2/h18,20-21,23-25,27,29,50,54H,6-17,19,22,26,28,30-49H2,1-5H3/p+1/b20-18-,23-21-,25-24-,29-27-. The highest BCUT2D eigenvalue weighted by atomic mass is 16.7. The van der Waals surface area contributed by atoms with Crippen molar-refractivity contribution in [3.63, 3.8) is 0 Å². The Bertz CT molecular complexity index is 1170. The zero-order valence-electron chi connectivity index (χ0n) is 41.5. The van der Waals surface area contributed by atoms with E-state index in [2.05, 4.69) is 62.5 Å². The van der Waals surface area contributed by atoms with Gasteiger partial charge in [-0.25, -0.2) is 4.79 Å². The maximum absolute atomic E-state index is 12.8. The number of ether oxygens (including phenoxy) is 4. The summed E-state index contributed by atoms with van der Waals surface area (Å²) in [7, 11) is 5.95. The van der Waals surface area contributed by atoms with Gasteiger partial charge in [-0.05, 0) is 77.0 Å². The Morgan fingerprint density at radius 2 is 0.857 bits per heavy atom. The summed E-state index contributed by atoms with van der Waals surface area (Å²) in [5, 5.41) is 9.67. The second-order valence-corrected chi connectivity index (χ2v) is 18.5. The van der Waals surface area contributed by atoms with Crippen molar-refractivity contribution in [3.05, 3.63) is 48.6 Å². The fourth-order valence-electron chi connectivity index (χ4n) is 7.01. The van der Waals surface area contributed by atoms with Crippen molar-refractivity contribution in [1.82, 2.24) is 0 Å². The smallest absolute Gasteiger partial charge is 0.361 e. The fraction of sp³-hybridized carbons (Fsp3) is 0.796. The van der Waals surface area contributed by atoms with Crippen LogP contribution in [0.1, 0.15) is 219 Å². The molecule has 0 spiro atoms. The molecule has 0 aliphatic rings. The van der Waals surface area contributed by atoms with E-state index in [-0.39, 0.29) is 32.2 Å². The number of carbonyl (C=O) groups excluding carboxylic acids is 2. The molecule has 0 radical (unpaired) electrons. The molecule has 1 N–H and O–H groups in total. The summed E-state index contributed by atoms with van der Waals surface area (Å²) in [5.41, 5.74) is 0. The number of carbonyl (C=O) groups is 3. The Hall–Kier alpha value is -2.75. The van der Waals surface area contributed by atoms with Gasteiger partial charge in [-0.3, -0.25) is 9.59 Å². The normalized spacial score (nSPS) is 13.2. The largest absolute Gasteiger partial charge is 0.477 e. The second kappa shape index (κ2) is 45.8. The third kappa shape index (κ3) is 47.0. The van der Waals surface area contributed by atoms with E-state index in [1.807, 2.05) is 21.1 Å². The lowest BCUT2D eigenvalue weighted by atomic mass is 10.1. The van der Waals surface area contributed by atoms with E-state index in [1.54, 1.807) is 0 Å². The van der Waals surface area contributed by atoms with E-state index in [0.717, 1.165) is 70.6 Å². The summed E-state index contributed by atoms with van der Waals surface area (Å²) in [6, 6.07) is 0. The van der Waals surface area contributed by atoms with Gasteiger partial charge in [-0.1, -0.05) is 178 Å². The molecule has 0 aliphatic carbocycles. The Balaban J connectivity index is 4.38. The predicted molar refractivity (Wildman–Crippen MR) is 263 cm³/mol. The molecule has 366 valence electrons. The van der Waals surface area contributed by atoms with Crippen molar-refractivity contribution in [1.29, 1.82) is 0 Å². The molecule has 0 rings (SSSR count). The quantitative estimate of drug-likeness (QED) is 0.0212. The first-order valence-corrected chi connectivity index (χ1v) is 25.8. The van der Waals surface area contributed by atoms with Crippen LogP contribution in [-0.4, -0.2) is 87.4 Å². The molecule has 2 atom stereocenters. The van der Waals surface area contributed by atoms with E-state index in [1.165, 1.54) is 116 Å². The molecule has 9 heteroatoms. The van der Waals surface area contributed by atoms with Crippen molar-refractivity contribution in [2.24, 2.45) is 0 Å². The average molecular weight is 889 g/mol. The number of carboxylic acid groups (broad SMARTS) is 1. The maximum Gasteiger partial charge on any atom is 0.361 e. The van der Waals surface area contributed by atoms with Crippen LogP contribution in [0, 0.1) is 0 Å². The third-order valence-electron chi connectivity index (χ3n) is 11.1. The molecule has 0 fully saturated rings. The first kappa shape index (κ1) is 60.2. The predicted octanol–water partition coefficient (Wildman–Crippen LogP) is 14.3. The number of nitrogens with zero attached hydrogens (tertiary/aromatic N) is 1. The SMILES string of the molecule is CCCCCCC/C=C\C/C=C\C/C=C\CCCCCCCCC(=O)OC(COC(=O)CCCCCCCCC/C=C\CCCCCCCC)COC(OCC[N+](C)(C)C)C(=O)O. The van der Waals surface area contributed by atoms with Gasteiger partial charge in [-0.15, -0.1) is 0 Å². The van der Waals surface area contributed by atoms with Crippen LogP contribution in [0.4, 0.5) is 0 Å².